The molecule has 1 nitrogen and oxygen atoms in total. The Morgan fingerprint density at radius 3 is 1.93 bits per heavy atom. The first-order valence-electron chi connectivity index (χ1n) is 13.4. The van der Waals surface area contributed by atoms with Gasteiger partial charge in [-0.3, -0.25) is 0 Å². The van der Waals surface area contributed by atoms with Gasteiger partial charge in [-0.2, -0.15) is 0 Å². The van der Waals surface area contributed by atoms with Crippen molar-refractivity contribution in [3.63, 3.8) is 0 Å². The fraction of sp³-hybridized carbons (Fsp3) is 1.00. The van der Waals surface area contributed by atoms with E-state index in [0.717, 1.165) is 47.6 Å². The Kier molecular flexibility index (Phi) is 5.85. The molecule has 0 aromatic carbocycles. The zero-order chi connectivity index (χ0) is 19.1. The average Bonchev–Trinajstić information content (AvgIpc) is 2.97. The first-order valence-corrected chi connectivity index (χ1v) is 13.4. The van der Waals surface area contributed by atoms with Crippen molar-refractivity contribution >= 4 is 0 Å². The van der Waals surface area contributed by atoms with E-state index in [-0.39, 0.29) is 0 Å². The molecule has 0 aromatic rings. The molecule has 0 saturated heterocycles. The van der Waals surface area contributed by atoms with Crippen molar-refractivity contribution in [1.82, 2.24) is 5.32 Å². The van der Waals surface area contributed by atoms with E-state index < -0.39 is 0 Å². The maximum absolute atomic E-state index is 4.21. The molecular formula is C27H47N. The van der Waals surface area contributed by atoms with Gasteiger partial charge in [-0.1, -0.05) is 58.8 Å². The number of hydrogen-bond donors (Lipinski definition) is 1. The first-order chi connectivity index (χ1) is 13.6. The van der Waals surface area contributed by atoms with Crippen LogP contribution in [0, 0.1) is 40.9 Å². The van der Waals surface area contributed by atoms with Crippen LogP contribution in [0.5, 0.6) is 0 Å². The fourth-order valence-electron chi connectivity index (χ4n) is 9.28. The minimum atomic E-state index is 0.606. The summed E-state index contributed by atoms with van der Waals surface area (Å²) in [6, 6.07) is 1.67. The van der Waals surface area contributed by atoms with Crippen LogP contribution in [0.25, 0.3) is 0 Å². The van der Waals surface area contributed by atoms with Crippen molar-refractivity contribution in [3.8, 4) is 0 Å². The van der Waals surface area contributed by atoms with Crippen LogP contribution < -0.4 is 5.32 Å². The lowest BCUT2D eigenvalue weighted by Crippen LogP contribution is -2.46. The van der Waals surface area contributed by atoms with Crippen molar-refractivity contribution in [2.45, 2.75) is 129 Å². The highest BCUT2D eigenvalue weighted by atomic mass is 15.0. The van der Waals surface area contributed by atoms with E-state index in [1.165, 1.54) is 83.5 Å². The third kappa shape index (κ3) is 3.72. The number of hydrogen-bond acceptors (Lipinski definition) is 1. The molecule has 0 spiro atoms. The molecule has 5 aliphatic rings. The molecular weight excluding hydrogens is 338 g/mol. The lowest BCUT2D eigenvalue weighted by Gasteiger charge is -2.42. The summed E-state index contributed by atoms with van der Waals surface area (Å²) in [5.74, 6) is 6.37. The SMILES string of the molecule is CC1(C)C2CCCCC2C2CCC(NC3CCC(C4CCCCC4)CC3)CC21. The van der Waals surface area contributed by atoms with E-state index in [2.05, 4.69) is 19.2 Å². The summed E-state index contributed by atoms with van der Waals surface area (Å²) in [6.07, 6.45) is 24.3. The van der Waals surface area contributed by atoms with Crippen LogP contribution in [-0.2, 0) is 0 Å². The minimum Gasteiger partial charge on any atom is -0.311 e. The molecule has 0 amide bonds. The lowest BCUT2D eigenvalue weighted by molar-refractivity contribution is 0.102. The third-order valence-electron chi connectivity index (χ3n) is 10.7. The van der Waals surface area contributed by atoms with Crippen LogP contribution in [0.3, 0.4) is 0 Å². The van der Waals surface area contributed by atoms with Gasteiger partial charge in [0.1, 0.15) is 0 Å². The highest BCUT2D eigenvalue weighted by Crippen LogP contribution is 2.63. The summed E-state index contributed by atoms with van der Waals surface area (Å²) in [5.41, 5.74) is 0.606. The maximum atomic E-state index is 4.21. The normalized spacial score (nSPS) is 46.7. The van der Waals surface area contributed by atoms with Crippen LogP contribution in [0.15, 0.2) is 0 Å². The van der Waals surface area contributed by atoms with Crippen LogP contribution in [0.2, 0.25) is 0 Å². The quantitative estimate of drug-likeness (QED) is 0.535. The van der Waals surface area contributed by atoms with Crippen LogP contribution in [0.1, 0.15) is 117 Å². The van der Waals surface area contributed by atoms with Gasteiger partial charge in [-0.25, -0.2) is 0 Å². The summed E-state index contributed by atoms with van der Waals surface area (Å²) in [5, 5.41) is 4.21. The molecule has 160 valence electrons. The zero-order valence-corrected chi connectivity index (χ0v) is 18.9. The molecule has 5 atom stereocenters. The smallest absolute Gasteiger partial charge is 0.00727 e. The Morgan fingerprint density at radius 2 is 1.14 bits per heavy atom. The molecule has 1 heteroatoms. The Bertz CT molecular complexity index is 510. The van der Waals surface area contributed by atoms with Gasteiger partial charge in [0.15, 0.2) is 0 Å². The standard InChI is InChI=1S/C27H47N/c1-27(2)25-11-7-6-10-23(25)24-17-16-22(18-26(24)27)28-21-14-12-20(13-15-21)19-8-4-3-5-9-19/h19-26,28H,3-18H2,1-2H3. The second kappa shape index (κ2) is 8.24. The summed E-state index contributed by atoms with van der Waals surface area (Å²) < 4.78 is 0. The summed E-state index contributed by atoms with van der Waals surface area (Å²) in [4.78, 5) is 0. The molecule has 0 radical (unpaired) electrons. The van der Waals surface area contributed by atoms with Gasteiger partial charge < -0.3 is 5.32 Å². The topological polar surface area (TPSA) is 12.0 Å². The van der Waals surface area contributed by atoms with E-state index in [1.54, 1.807) is 19.3 Å². The van der Waals surface area contributed by atoms with Crippen molar-refractivity contribution in [2.75, 3.05) is 0 Å². The highest BCUT2D eigenvalue weighted by Gasteiger charge is 2.56. The van der Waals surface area contributed by atoms with Crippen molar-refractivity contribution < 1.29 is 0 Å². The van der Waals surface area contributed by atoms with Crippen molar-refractivity contribution in [3.05, 3.63) is 0 Å². The Hall–Kier alpha value is -0.0400. The lowest BCUT2D eigenvalue weighted by atomic mass is 9.67. The molecule has 0 heterocycles. The molecule has 0 bridgehead atoms. The monoisotopic (exact) mass is 385 g/mol. The zero-order valence-electron chi connectivity index (χ0n) is 18.9. The van der Waals surface area contributed by atoms with E-state index in [9.17, 15) is 0 Å². The predicted octanol–water partition coefficient (Wildman–Crippen LogP) is 7.35. The first kappa shape index (κ1) is 19.9. The second-order valence-corrected chi connectivity index (χ2v) is 12.3. The van der Waals surface area contributed by atoms with E-state index in [1.807, 2.05) is 0 Å². The summed E-state index contributed by atoms with van der Waals surface area (Å²) >= 11 is 0. The summed E-state index contributed by atoms with van der Waals surface area (Å²) in [7, 11) is 0. The number of nitrogens with one attached hydrogen (secondary N) is 1. The average molecular weight is 386 g/mol. The molecule has 1 N–H and O–H groups in total. The number of fused-ring (bicyclic) bond motifs is 3. The maximum Gasteiger partial charge on any atom is 0.00727 e. The molecule has 0 aromatic heterocycles. The summed E-state index contributed by atoms with van der Waals surface area (Å²) in [6.45, 7) is 5.30. The van der Waals surface area contributed by atoms with Gasteiger partial charge in [0.2, 0.25) is 0 Å². The van der Waals surface area contributed by atoms with Crippen LogP contribution in [-0.4, -0.2) is 12.1 Å². The Morgan fingerprint density at radius 1 is 0.536 bits per heavy atom. The molecule has 5 fully saturated rings. The van der Waals surface area contributed by atoms with Gasteiger partial charge in [0.25, 0.3) is 0 Å². The molecule has 5 saturated carbocycles. The molecule has 5 rings (SSSR count). The van der Waals surface area contributed by atoms with E-state index in [0.29, 0.717) is 5.41 Å². The highest BCUT2D eigenvalue weighted by molar-refractivity contribution is 5.06. The van der Waals surface area contributed by atoms with Gasteiger partial charge in [-0.15, -0.1) is 0 Å². The van der Waals surface area contributed by atoms with Crippen LogP contribution in [0.4, 0.5) is 0 Å². The van der Waals surface area contributed by atoms with Gasteiger partial charge >= 0.3 is 0 Å². The van der Waals surface area contributed by atoms with Gasteiger partial charge in [-0.05, 0) is 98.7 Å². The largest absolute Gasteiger partial charge is 0.311 e. The minimum absolute atomic E-state index is 0.606. The molecule has 5 unspecified atom stereocenters. The van der Waals surface area contributed by atoms with Gasteiger partial charge in [0.05, 0.1) is 0 Å². The molecule has 28 heavy (non-hydrogen) atoms. The Labute approximate surface area is 175 Å². The fourth-order valence-corrected chi connectivity index (χ4v) is 9.28. The third-order valence-corrected chi connectivity index (χ3v) is 10.7. The van der Waals surface area contributed by atoms with Crippen LogP contribution >= 0.6 is 0 Å². The van der Waals surface area contributed by atoms with E-state index >= 15 is 0 Å². The van der Waals surface area contributed by atoms with Crippen molar-refractivity contribution in [2.24, 2.45) is 40.9 Å². The number of rotatable bonds is 3. The molecule has 5 aliphatic carbocycles. The second-order valence-electron chi connectivity index (χ2n) is 12.3. The van der Waals surface area contributed by atoms with Crippen molar-refractivity contribution in [1.29, 1.82) is 0 Å². The Balaban J connectivity index is 1.14. The predicted molar refractivity (Wildman–Crippen MR) is 119 cm³/mol. The van der Waals surface area contributed by atoms with Gasteiger partial charge in [0, 0.05) is 12.1 Å². The van der Waals surface area contributed by atoms with E-state index in [4.69, 9.17) is 0 Å². The molecule has 0 aliphatic heterocycles.